The number of benzene rings is 2. The Kier molecular flexibility index (Phi) is 6.20. The summed E-state index contributed by atoms with van der Waals surface area (Å²) in [6.07, 6.45) is 1.62. The van der Waals surface area contributed by atoms with Crippen LogP contribution in [0.3, 0.4) is 0 Å². The molecular weight excluding hydrogens is 412 g/mol. The molecule has 6 heteroatoms. The summed E-state index contributed by atoms with van der Waals surface area (Å²) in [5, 5.41) is 6.03. The van der Waals surface area contributed by atoms with E-state index in [9.17, 15) is 4.79 Å². The van der Waals surface area contributed by atoms with Gasteiger partial charge in [0.1, 0.15) is 12.4 Å². The number of ether oxygens (including phenoxy) is 1. The van der Waals surface area contributed by atoms with Crippen LogP contribution >= 0.6 is 27.3 Å². The molecule has 0 spiro atoms. The zero-order valence-corrected chi connectivity index (χ0v) is 16.5. The molecule has 0 aliphatic carbocycles. The summed E-state index contributed by atoms with van der Waals surface area (Å²) in [7, 11) is 0. The molecule has 0 saturated heterocycles. The van der Waals surface area contributed by atoms with Gasteiger partial charge in [0.2, 0.25) is 0 Å². The molecule has 0 radical (unpaired) electrons. The third kappa shape index (κ3) is 4.59. The molecule has 1 amide bonds. The summed E-state index contributed by atoms with van der Waals surface area (Å²) in [4.78, 5) is 13.6. The van der Waals surface area contributed by atoms with Crippen molar-refractivity contribution >= 4 is 39.4 Å². The van der Waals surface area contributed by atoms with Gasteiger partial charge in [-0.1, -0.05) is 42.5 Å². The van der Waals surface area contributed by atoms with Gasteiger partial charge in [0, 0.05) is 20.3 Å². The van der Waals surface area contributed by atoms with E-state index in [1.807, 2.05) is 48.7 Å². The second-order valence-corrected chi connectivity index (χ2v) is 7.41. The smallest absolute Gasteiger partial charge is 0.275 e. The Morgan fingerprint density at radius 1 is 1.19 bits per heavy atom. The van der Waals surface area contributed by atoms with E-state index in [1.54, 1.807) is 35.8 Å². The van der Waals surface area contributed by atoms with Crippen LogP contribution in [0.25, 0.3) is 0 Å². The van der Waals surface area contributed by atoms with Gasteiger partial charge < -0.3 is 4.74 Å². The van der Waals surface area contributed by atoms with Crippen molar-refractivity contribution in [3.8, 4) is 5.75 Å². The van der Waals surface area contributed by atoms with Gasteiger partial charge in [-0.3, -0.25) is 4.79 Å². The maximum atomic E-state index is 12.4. The first-order valence-electron chi connectivity index (χ1n) is 7.98. The molecule has 0 aliphatic rings. The number of aryl methyl sites for hydroxylation is 1. The highest BCUT2D eigenvalue weighted by molar-refractivity contribution is 9.10. The molecule has 0 bridgehead atoms. The number of nitrogens with one attached hydrogen (secondary N) is 1. The third-order valence-electron chi connectivity index (χ3n) is 3.66. The number of carbonyl (C=O) groups excluding carboxylic acids is 1. The molecule has 0 unspecified atom stereocenters. The zero-order chi connectivity index (χ0) is 18.4. The number of para-hydroxylation sites is 1. The zero-order valence-electron chi connectivity index (χ0n) is 14.1. The van der Waals surface area contributed by atoms with Crippen LogP contribution in [0.2, 0.25) is 0 Å². The molecule has 132 valence electrons. The molecule has 4 nitrogen and oxygen atoms in total. The maximum absolute atomic E-state index is 12.4. The van der Waals surface area contributed by atoms with Crippen molar-refractivity contribution in [3.63, 3.8) is 0 Å². The van der Waals surface area contributed by atoms with Crippen LogP contribution < -0.4 is 10.2 Å². The number of carbonyl (C=O) groups is 1. The van der Waals surface area contributed by atoms with Crippen LogP contribution in [0.4, 0.5) is 0 Å². The molecule has 3 rings (SSSR count). The fourth-order valence-corrected chi connectivity index (χ4v) is 3.63. The van der Waals surface area contributed by atoms with Crippen LogP contribution in [0.5, 0.6) is 5.75 Å². The monoisotopic (exact) mass is 428 g/mol. The van der Waals surface area contributed by atoms with Crippen molar-refractivity contribution in [2.45, 2.75) is 13.5 Å². The predicted molar refractivity (Wildman–Crippen MR) is 109 cm³/mol. The van der Waals surface area contributed by atoms with Gasteiger partial charge in [0.25, 0.3) is 5.91 Å². The van der Waals surface area contributed by atoms with Crippen molar-refractivity contribution in [1.82, 2.24) is 5.43 Å². The molecule has 0 aliphatic heterocycles. The molecule has 1 aromatic heterocycles. The Morgan fingerprint density at radius 2 is 1.92 bits per heavy atom. The van der Waals surface area contributed by atoms with E-state index in [4.69, 9.17) is 4.74 Å². The highest BCUT2D eigenvalue weighted by atomic mass is 79.9. The van der Waals surface area contributed by atoms with E-state index in [0.29, 0.717) is 17.9 Å². The lowest BCUT2D eigenvalue weighted by atomic mass is 10.2. The summed E-state index contributed by atoms with van der Waals surface area (Å²) >= 11 is 5.13. The predicted octanol–water partition coefficient (Wildman–Crippen LogP) is 5.16. The summed E-state index contributed by atoms with van der Waals surface area (Å²) < 4.78 is 6.81. The van der Waals surface area contributed by atoms with Crippen LogP contribution in [-0.4, -0.2) is 12.1 Å². The van der Waals surface area contributed by atoms with E-state index in [2.05, 4.69) is 26.5 Å². The first-order valence-corrected chi connectivity index (χ1v) is 9.65. The van der Waals surface area contributed by atoms with E-state index < -0.39 is 0 Å². The lowest BCUT2D eigenvalue weighted by Gasteiger charge is -2.10. The topological polar surface area (TPSA) is 50.7 Å². The Balaban J connectivity index is 1.66. The molecule has 0 saturated carbocycles. The highest BCUT2D eigenvalue weighted by Crippen LogP contribution is 2.26. The van der Waals surface area contributed by atoms with Gasteiger partial charge in [0.05, 0.1) is 11.8 Å². The quantitative estimate of drug-likeness (QED) is 0.435. The van der Waals surface area contributed by atoms with Gasteiger partial charge in [-0.2, -0.15) is 5.10 Å². The largest absolute Gasteiger partial charge is 0.488 e. The Bertz CT molecular complexity index is 923. The molecule has 1 N–H and O–H groups in total. The van der Waals surface area contributed by atoms with Crippen molar-refractivity contribution in [2.75, 3.05) is 0 Å². The second kappa shape index (κ2) is 8.78. The van der Waals surface area contributed by atoms with Crippen LogP contribution in [-0.2, 0) is 6.61 Å². The van der Waals surface area contributed by atoms with Gasteiger partial charge >= 0.3 is 0 Å². The number of hydrazone groups is 1. The molecular formula is C20H17BrN2O2S. The van der Waals surface area contributed by atoms with Crippen LogP contribution in [0.1, 0.15) is 26.4 Å². The molecule has 26 heavy (non-hydrogen) atoms. The number of halogens is 1. The third-order valence-corrected chi connectivity index (χ3v) is 5.91. The Hall–Kier alpha value is -2.44. The highest BCUT2D eigenvalue weighted by Gasteiger charge is 2.11. The van der Waals surface area contributed by atoms with Gasteiger partial charge in [-0.05, 0) is 40.5 Å². The summed E-state index contributed by atoms with van der Waals surface area (Å²) in [6, 6.07) is 17.0. The number of hydrogen-bond donors (Lipinski definition) is 1. The lowest BCUT2D eigenvalue weighted by Crippen LogP contribution is -2.18. The first kappa shape index (κ1) is 18.4. The van der Waals surface area contributed by atoms with Crippen molar-refractivity contribution in [3.05, 3.63) is 86.0 Å². The Labute approximate surface area is 164 Å². The van der Waals surface area contributed by atoms with Crippen molar-refractivity contribution < 1.29 is 9.53 Å². The SMILES string of the molecule is Cc1scc(/C=N\NC(=O)c2ccccc2OCc2ccccc2)c1Br. The van der Waals surface area contributed by atoms with Gasteiger partial charge in [-0.25, -0.2) is 5.43 Å². The average molecular weight is 429 g/mol. The average Bonchev–Trinajstić information content (AvgIpc) is 2.99. The summed E-state index contributed by atoms with van der Waals surface area (Å²) in [6.45, 7) is 2.42. The normalized spacial score (nSPS) is 10.8. The maximum Gasteiger partial charge on any atom is 0.275 e. The van der Waals surface area contributed by atoms with Crippen LogP contribution in [0.15, 0.2) is 69.6 Å². The minimum absolute atomic E-state index is 0.312. The standard InChI is InChI=1S/C20H17BrN2O2S/c1-14-19(21)16(13-26-14)11-22-23-20(24)17-9-5-6-10-18(17)25-12-15-7-3-2-4-8-15/h2-11,13H,12H2,1H3,(H,23,24)/b22-11-. The van der Waals surface area contributed by atoms with Gasteiger partial charge in [0.15, 0.2) is 0 Å². The molecule has 3 aromatic rings. The second-order valence-electron chi connectivity index (χ2n) is 5.53. The minimum atomic E-state index is -0.312. The Morgan fingerprint density at radius 3 is 2.65 bits per heavy atom. The van der Waals surface area contributed by atoms with E-state index in [0.717, 1.165) is 20.5 Å². The lowest BCUT2D eigenvalue weighted by molar-refractivity contribution is 0.0950. The van der Waals surface area contributed by atoms with E-state index in [1.165, 1.54) is 0 Å². The van der Waals surface area contributed by atoms with Crippen molar-refractivity contribution in [1.29, 1.82) is 0 Å². The van der Waals surface area contributed by atoms with E-state index >= 15 is 0 Å². The molecule has 1 heterocycles. The fourth-order valence-electron chi connectivity index (χ4n) is 2.28. The number of rotatable bonds is 6. The van der Waals surface area contributed by atoms with Crippen LogP contribution in [0, 0.1) is 6.92 Å². The number of amides is 1. The van der Waals surface area contributed by atoms with Crippen molar-refractivity contribution in [2.24, 2.45) is 5.10 Å². The van der Waals surface area contributed by atoms with Gasteiger partial charge in [-0.15, -0.1) is 11.3 Å². The van der Waals surface area contributed by atoms with E-state index in [-0.39, 0.29) is 5.91 Å². The first-order chi connectivity index (χ1) is 12.6. The summed E-state index contributed by atoms with van der Waals surface area (Å²) in [5.74, 6) is 0.213. The molecule has 0 atom stereocenters. The number of nitrogens with zero attached hydrogens (tertiary/aromatic N) is 1. The number of hydrogen-bond acceptors (Lipinski definition) is 4. The summed E-state index contributed by atoms with van der Waals surface area (Å²) in [5.41, 5.74) is 4.97. The fraction of sp³-hybridized carbons (Fsp3) is 0.100. The molecule has 2 aromatic carbocycles. The molecule has 0 fully saturated rings. The number of thiophene rings is 1. The minimum Gasteiger partial charge on any atom is -0.488 e.